The number of hydrogen-bond acceptors (Lipinski definition) is 3. The van der Waals surface area contributed by atoms with E-state index < -0.39 is 17.1 Å². The van der Waals surface area contributed by atoms with Crippen molar-refractivity contribution in [2.24, 2.45) is 11.3 Å². The summed E-state index contributed by atoms with van der Waals surface area (Å²) in [5, 5.41) is 15.2. The average Bonchev–Trinajstić information content (AvgIpc) is 3.24. The highest BCUT2D eigenvalue weighted by Gasteiger charge is 2.50. The van der Waals surface area contributed by atoms with Crippen LogP contribution in [0.2, 0.25) is 5.02 Å². The van der Waals surface area contributed by atoms with Crippen LogP contribution in [0, 0.1) is 11.3 Å². The first-order valence-corrected chi connectivity index (χ1v) is 11.6. The Kier molecular flexibility index (Phi) is 7.13. The minimum atomic E-state index is -1.04. The Labute approximate surface area is 185 Å². The number of aliphatic hydroxyl groups is 1. The van der Waals surface area contributed by atoms with Crippen molar-refractivity contribution in [3.8, 4) is 0 Å². The fourth-order valence-corrected chi connectivity index (χ4v) is 5.14. The van der Waals surface area contributed by atoms with Gasteiger partial charge in [-0.15, -0.1) is 0 Å². The van der Waals surface area contributed by atoms with Crippen molar-refractivity contribution >= 4 is 23.4 Å². The Morgan fingerprint density at radius 1 is 1.23 bits per heavy atom. The molecule has 30 heavy (non-hydrogen) atoms. The normalized spacial score (nSPS) is 25.2. The maximum atomic E-state index is 13.3. The van der Waals surface area contributed by atoms with E-state index >= 15 is 0 Å². The summed E-state index contributed by atoms with van der Waals surface area (Å²) in [5.41, 5.74) is -0.758. The highest BCUT2D eigenvalue weighted by molar-refractivity contribution is 6.30. The van der Waals surface area contributed by atoms with E-state index in [1.165, 1.54) is 0 Å². The molecule has 0 bridgehead atoms. The highest BCUT2D eigenvalue weighted by Crippen LogP contribution is 2.46. The van der Waals surface area contributed by atoms with Crippen LogP contribution in [-0.4, -0.2) is 41.0 Å². The molecule has 2 N–H and O–H groups in total. The molecule has 166 valence electrons. The van der Waals surface area contributed by atoms with E-state index in [2.05, 4.69) is 5.32 Å². The number of benzene rings is 1. The van der Waals surface area contributed by atoms with Crippen LogP contribution in [0.1, 0.15) is 71.3 Å². The molecule has 2 amide bonds. The molecule has 0 radical (unpaired) electrons. The molecular formula is C24H35ClN2O3. The van der Waals surface area contributed by atoms with Gasteiger partial charge in [-0.2, -0.15) is 0 Å². The summed E-state index contributed by atoms with van der Waals surface area (Å²) in [7, 11) is 0. The molecule has 0 spiro atoms. The van der Waals surface area contributed by atoms with Crippen molar-refractivity contribution in [2.45, 2.75) is 77.4 Å². The molecule has 1 saturated carbocycles. The molecule has 1 saturated heterocycles. The summed E-state index contributed by atoms with van der Waals surface area (Å²) >= 11 is 6.02. The maximum Gasteiger partial charge on any atom is 0.245 e. The third-order valence-electron chi connectivity index (χ3n) is 7.00. The summed E-state index contributed by atoms with van der Waals surface area (Å²) in [5.74, 6) is 0.0348. The standard InChI is InChI=1S/C24H35ClN2O3/c1-4-7-20(26-21(28)17-8-5-6-9-17)22(29)27-15-14-24(30,23(2,3)16-27)18-10-12-19(25)13-11-18/h10-13,17,20,30H,4-9,14-16H2,1-3H3,(H,26,28)/t20-,24+/m1/s1. The number of hydrogen-bond donors (Lipinski definition) is 2. The van der Waals surface area contributed by atoms with Crippen molar-refractivity contribution in [2.75, 3.05) is 13.1 Å². The van der Waals surface area contributed by atoms with Crippen LogP contribution in [-0.2, 0) is 15.2 Å². The lowest BCUT2D eigenvalue weighted by Gasteiger charge is -2.51. The Bertz CT molecular complexity index is 758. The molecule has 1 aliphatic carbocycles. The van der Waals surface area contributed by atoms with Gasteiger partial charge in [-0.05, 0) is 43.4 Å². The second kappa shape index (κ2) is 9.27. The number of nitrogens with zero attached hydrogens (tertiary/aromatic N) is 1. The van der Waals surface area contributed by atoms with Gasteiger partial charge in [0.25, 0.3) is 0 Å². The summed E-state index contributed by atoms with van der Waals surface area (Å²) in [6.45, 7) is 6.91. The molecule has 1 aromatic rings. The Hall–Kier alpha value is -1.59. The van der Waals surface area contributed by atoms with E-state index in [1.54, 1.807) is 12.1 Å². The van der Waals surface area contributed by atoms with E-state index in [-0.39, 0.29) is 17.7 Å². The average molecular weight is 435 g/mol. The number of carbonyl (C=O) groups is 2. The molecule has 1 aliphatic heterocycles. The lowest BCUT2D eigenvalue weighted by molar-refractivity contribution is -0.156. The number of likely N-dealkylation sites (tertiary alicyclic amines) is 1. The van der Waals surface area contributed by atoms with Crippen molar-refractivity contribution in [3.05, 3.63) is 34.9 Å². The van der Waals surface area contributed by atoms with E-state index in [4.69, 9.17) is 11.6 Å². The van der Waals surface area contributed by atoms with Crippen LogP contribution >= 0.6 is 11.6 Å². The number of rotatable bonds is 6. The van der Waals surface area contributed by atoms with Gasteiger partial charge in [0.15, 0.2) is 0 Å². The Morgan fingerprint density at radius 3 is 2.43 bits per heavy atom. The molecule has 6 heteroatoms. The number of carbonyl (C=O) groups excluding carboxylic acids is 2. The SMILES string of the molecule is CCC[C@@H](NC(=O)C1CCCC1)C(=O)N1CC[C@](O)(c2ccc(Cl)cc2)C(C)(C)C1. The van der Waals surface area contributed by atoms with Gasteiger partial charge in [-0.3, -0.25) is 9.59 Å². The molecule has 1 aromatic carbocycles. The van der Waals surface area contributed by atoms with Gasteiger partial charge in [-0.25, -0.2) is 0 Å². The van der Waals surface area contributed by atoms with Gasteiger partial charge in [0.05, 0.1) is 5.60 Å². The second-order valence-corrected chi connectivity index (χ2v) is 10.0. The summed E-state index contributed by atoms with van der Waals surface area (Å²) in [4.78, 5) is 27.8. The lowest BCUT2D eigenvalue weighted by atomic mass is 9.66. The molecule has 3 rings (SSSR count). The largest absolute Gasteiger partial charge is 0.384 e. The van der Waals surface area contributed by atoms with Crippen molar-refractivity contribution in [3.63, 3.8) is 0 Å². The van der Waals surface area contributed by atoms with Gasteiger partial charge >= 0.3 is 0 Å². The van der Waals surface area contributed by atoms with Crippen molar-refractivity contribution < 1.29 is 14.7 Å². The first-order valence-electron chi connectivity index (χ1n) is 11.3. The predicted octanol–water partition coefficient (Wildman–Crippen LogP) is 4.26. The zero-order valence-corrected chi connectivity index (χ0v) is 19.2. The summed E-state index contributed by atoms with van der Waals surface area (Å²) < 4.78 is 0. The third-order valence-corrected chi connectivity index (χ3v) is 7.25. The molecule has 0 aromatic heterocycles. The van der Waals surface area contributed by atoms with E-state index in [1.807, 2.05) is 37.8 Å². The Morgan fingerprint density at radius 2 is 1.87 bits per heavy atom. The van der Waals surface area contributed by atoms with E-state index in [0.29, 0.717) is 31.0 Å². The zero-order chi connectivity index (χ0) is 21.9. The van der Waals surface area contributed by atoms with Gasteiger partial charge < -0.3 is 15.3 Å². The zero-order valence-electron chi connectivity index (χ0n) is 18.4. The first kappa shape index (κ1) is 23.1. The lowest BCUT2D eigenvalue weighted by Crippen LogP contribution is -2.60. The molecule has 0 unspecified atom stereocenters. The smallest absolute Gasteiger partial charge is 0.245 e. The minimum absolute atomic E-state index is 0.0215. The predicted molar refractivity (Wildman–Crippen MR) is 119 cm³/mol. The Balaban J connectivity index is 1.71. The quantitative estimate of drug-likeness (QED) is 0.702. The van der Waals surface area contributed by atoms with Crippen LogP contribution in [0.5, 0.6) is 0 Å². The minimum Gasteiger partial charge on any atom is -0.384 e. The number of halogens is 1. The molecule has 2 atom stereocenters. The highest BCUT2D eigenvalue weighted by atomic mass is 35.5. The molecular weight excluding hydrogens is 400 g/mol. The number of piperidine rings is 1. The second-order valence-electron chi connectivity index (χ2n) is 9.59. The van der Waals surface area contributed by atoms with E-state index in [0.717, 1.165) is 37.7 Å². The summed E-state index contributed by atoms with van der Waals surface area (Å²) in [6.07, 6.45) is 5.93. The van der Waals surface area contributed by atoms with Crippen LogP contribution < -0.4 is 5.32 Å². The topological polar surface area (TPSA) is 69.6 Å². The molecule has 2 fully saturated rings. The van der Waals surface area contributed by atoms with Crippen LogP contribution in [0.25, 0.3) is 0 Å². The monoisotopic (exact) mass is 434 g/mol. The van der Waals surface area contributed by atoms with E-state index in [9.17, 15) is 14.7 Å². The van der Waals surface area contributed by atoms with Crippen LogP contribution in [0.15, 0.2) is 24.3 Å². The van der Waals surface area contributed by atoms with Gasteiger partial charge in [-0.1, -0.05) is 63.8 Å². The van der Waals surface area contributed by atoms with Crippen LogP contribution in [0.4, 0.5) is 0 Å². The van der Waals surface area contributed by atoms with Crippen molar-refractivity contribution in [1.82, 2.24) is 10.2 Å². The number of nitrogens with one attached hydrogen (secondary N) is 1. The van der Waals surface area contributed by atoms with Crippen molar-refractivity contribution in [1.29, 1.82) is 0 Å². The number of amides is 2. The molecule has 5 nitrogen and oxygen atoms in total. The molecule has 2 aliphatic rings. The van der Waals surface area contributed by atoms with Gasteiger partial charge in [0, 0.05) is 29.4 Å². The first-order chi connectivity index (χ1) is 14.2. The van der Waals surface area contributed by atoms with Gasteiger partial charge in [0.1, 0.15) is 6.04 Å². The van der Waals surface area contributed by atoms with Crippen LogP contribution in [0.3, 0.4) is 0 Å². The fraction of sp³-hybridized carbons (Fsp3) is 0.667. The van der Waals surface area contributed by atoms with Gasteiger partial charge in [0.2, 0.25) is 11.8 Å². The third kappa shape index (κ3) is 4.67. The summed E-state index contributed by atoms with van der Waals surface area (Å²) in [6, 6.07) is 6.82. The molecule has 1 heterocycles. The fourth-order valence-electron chi connectivity index (χ4n) is 5.01. The maximum absolute atomic E-state index is 13.3.